The van der Waals surface area contributed by atoms with Gasteiger partial charge in [0.2, 0.25) is 0 Å². The largest absolute Gasteiger partial charge is 0.489 e. The molecule has 0 aromatic heterocycles. The second kappa shape index (κ2) is 4.88. The number of ether oxygens (including phenoxy) is 1. The first-order valence-corrected chi connectivity index (χ1v) is 5.59. The minimum absolute atomic E-state index is 0.392. The van der Waals surface area contributed by atoms with E-state index in [9.17, 15) is 10.1 Å². The van der Waals surface area contributed by atoms with Gasteiger partial charge in [0.05, 0.1) is 24.4 Å². The van der Waals surface area contributed by atoms with E-state index in [1.54, 1.807) is 27.7 Å². The second-order valence-corrected chi connectivity index (χ2v) is 5.16. The summed E-state index contributed by atoms with van der Waals surface area (Å²) in [5, 5.41) is 19.8. The van der Waals surface area contributed by atoms with Crippen LogP contribution in [0.4, 0.5) is 0 Å². The van der Waals surface area contributed by atoms with E-state index in [1.807, 2.05) is 6.08 Å². The van der Waals surface area contributed by atoms with Crippen LogP contribution in [0, 0.1) is 0 Å². The molecular weight excluding hydrogens is 207 g/mol. The van der Waals surface area contributed by atoms with Crippen molar-refractivity contribution in [3.05, 3.63) is 11.5 Å². The molecule has 1 aliphatic rings. The number of hydrogen-bond acceptors (Lipinski definition) is 4. The van der Waals surface area contributed by atoms with E-state index < -0.39 is 18.3 Å². The Kier molecular flexibility index (Phi) is 4.18. The normalized spacial score (nSPS) is 18.2. The minimum Gasteiger partial charge on any atom is -0.423 e. The van der Waals surface area contributed by atoms with Gasteiger partial charge >= 0.3 is 7.12 Å². The molecule has 1 rings (SSSR count). The van der Waals surface area contributed by atoms with Crippen molar-refractivity contribution in [1.29, 1.82) is 0 Å². The molecule has 1 heterocycles. The third-order valence-electron chi connectivity index (χ3n) is 3.13. The van der Waals surface area contributed by atoms with Gasteiger partial charge in [-0.05, 0) is 39.6 Å². The van der Waals surface area contributed by atoms with Crippen molar-refractivity contribution in [3.63, 3.8) is 0 Å². The Balaban J connectivity index is 2.63. The van der Waals surface area contributed by atoms with Crippen LogP contribution in [0.2, 0.25) is 0 Å². The summed E-state index contributed by atoms with van der Waals surface area (Å²) in [6.07, 6.45) is 2.72. The van der Waals surface area contributed by atoms with Crippen LogP contribution in [0.15, 0.2) is 11.5 Å². The molecule has 16 heavy (non-hydrogen) atoms. The van der Waals surface area contributed by atoms with Crippen LogP contribution in [-0.2, 0) is 9.39 Å². The minimum atomic E-state index is -1.02. The zero-order chi connectivity index (χ0) is 12.4. The summed E-state index contributed by atoms with van der Waals surface area (Å²) >= 11 is 0. The van der Waals surface area contributed by atoms with Crippen molar-refractivity contribution in [1.82, 2.24) is 0 Å². The molecule has 92 valence electrons. The summed E-state index contributed by atoms with van der Waals surface area (Å²) in [6, 6.07) is 0. The highest BCUT2D eigenvalue weighted by atomic mass is 16.6. The first kappa shape index (κ1) is 13.7. The second-order valence-electron chi connectivity index (χ2n) is 5.16. The summed E-state index contributed by atoms with van der Waals surface area (Å²) in [7, 11) is -1.01. The maximum Gasteiger partial charge on any atom is 0.489 e. The highest BCUT2D eigenvalue weighted by molar-refractivity contribution is 6.52. The smallest absolute Gasteiger partial charge is 0.423 e. The molecular formula is C11H21BO4. The summed E-state index contributed by atoms with van der Waals surface area (Å²) in [5.41, 5.74) is -1.13. The van der Waals surface area contributed by atoms with Crippen molar-refractivity contribution >= 4 is 7.12 Å². The summed E-state index contributed by atoms with van der Waals surface area (Å²) < 4.78 is 10.7. The van der Waals surface area contributed by atoms with Gasteiger partial charge in [0.25, 0.3) is 0 Å². The van der Waals surface area contributed by atoms with E-state index in [0.717, 1.165) is 11.9 Å². The van der Waals surface area contributed by atoms with Crippen molar-refractivity contribution in [2.75, 3.05) is 13.2 Å². The van der Waals surface area contributed by atoms with Crippen molar-refractivity contribution in [3.8, 4) is 0 Å². The summed E-state index contributed by atoms with van der Waals surface area (Å²) in [6.45, 7) is 7.89. The van der Waals surface area contributed by atoms with E-state index in [4.69, 9.17) is 9.39 Å². The standard InChI is InChI=1S/C11H21BO4/c1-10(2,13)11(3,4)16-12(14)9-6-5-7-15-8-9/h6,13-14H,5,7-8H2,1-4H3. The Labute approximate surface area is 97.4 Å². The van der Waals surface area contributed by atoms with E-state index in [-0.39, 0.29) is 0 Å². The molecule has 0 amide bonds. The molecule has 5 heteroatoms. The zero-order valence-corrected chi connectivity index (χ0v) is 10.5. The van der Waals surface area contributed by atoms with Gasteiger partial charge in [-0.15, -0.1) is 0 Å². The van der Waals surface area contributed by atoms with Gasteiger partial charge in [-0.3, -0.25) is 0 Å². The first-order chi connectivity index (χ1) is 7.24. The molecule has 0 aromatic carbocycles. The van der Waals surface area contributed by atoms with Gasteiger partial charge in [0, 0.05) is 0 Å². The molecule has 0 spiro atoms. The van der Waals surface area contributed by atoms with Crippen LogP contribution in [0.25, 0.3) is 0 Å². The van der Waals surface area contributed by atoms with Gasteiger partial charge in [-0.1, -0.05) is 6.08 Å². The fourth-order valence-corrected chi connectivity index (χ4v) is 1.25. The van der Waals surface area contributed by atoms with Crippen molar-refractivity contribution < 1.29 is 19.5 Å². The third kappa shape index (κ3) is 3.32. The average Bonchev–Trinajstić information content (AvgIpc) is 2.16. The lowest BCUT2D eigenvalue weighted by atomic mass is 9.75. The molecule has 0 aromatic rings. The molecule has 0 radical (unpaired) electrons. The first-order valence-electron chi connectivity index (χ1n) is 5.59. The number of hydrogen-bond donors (Lipinski definition) is 2. The zero-order valence-electron chi connectivity index (χ0n) is 10.5. The molecule has 0 saturated carbocycles. The average molecular weight is 228 g/mol. The topological polar surface area (TPSA) is 58.9 Å². The van der Waals surface area contributed by atoms with E-state index in [1.165, 1.54) is 0 Å². The van der Waals surface area contributed by atoms with Crippen LogP contribution in [0.1, 0.15) is 34.1 Å². The molecule has 0 bridgehead atoms. The highest BCUT2D eigenvalue weighted by Crippen LogP contribution is 2.26. The maximum atomic E-state index is 9.91. The predicted octanol–water partition coefficient (Wildman–Crippen LogP) is 0.919. The molecule has 0 aliphatic carbocycles. The quantitative estimate of drug-likeness (QED) is 0.702. The van der Waals surface area contributed by atoms with Crippen molar-refractivity contribution in [2.45, 2.75) is 45.3 Å². The molecule has 0 unspecified atom stereocenters. The lowest BCUT2D eigenvalue weighted by molar-refractivity contribution is -0.0992. The van der Waals surface area contributed by atoms with Gasteiger partial charge in [-0.2, -0.15) is 0 Å². The molecule has 2 N–H and O–H groups in total. The third-order valence-corrected chi connectivity index (χ3v) is 3.13. The Morgan fingerprint density at radius 3 is 2.44 bits per heavy atom. The van der Waals surface area contributed by atoms with Crippen LogP contribution >= 0.6 is 0 Å². The molecule has 1 aliphatic heterocycles. The fraction of sp³-hybridized carbons (Fsp3) is 0.818. The van der Waals surface area contributed by atoms with Gasteiger partial charge in [0.15, 0.2) is 0 Å². The Hall–Kier alpha value is -0.355. The van der Waals surface area contributed by atoms with Crippen LogP contribution < -0.4 is 0 Å². The lowest BCUT2D eigenvalue weighted by Gasteiger charge is -2.38. The number of rotatable bonds is 4. The Morgan fingerprint density at radius 2 is 2.00 bits per heavy atom. The monoisotopic (exact) mass is 228 g/mol. The maximum absolute atomic E-state index is 9.91. The van der Waals surface area contributed by atoms with E-state index in [0.29, 0.717) is 13.2 Å². The Morgan fingerprint density at radius 1 is 1.38 bits per heavy atom. The number of aliphatic hydroxyl groups is 1. The van der Waals surface area contributed by atoms with Gasteiger partial charge in [0.1, 0.15) is 0 Å². The molecule has 4 nitrogen and oxygen atoms in total. The summed E-state index contributed by atoms with van der Waals surface area (Å²) in [4.78, 5) is 0. The van der Waals surface area contributed by atoms with Gasteiger partial charge < -0.3 is 19.5 Å². The van der Waals surface area contributed by atoms with Crippen LogP contribution in [0.3, 0.4) is 0 Å². The predicted molar refractivity (Wildman–Crippen MR) is 63.0 cm³/mol. The molecule has 0 atom stereocenters. The molecule has 0 saturated heterocycles. The summed E-state index contributed by atoms with van der Waals surface area (Å²) in [5.74, 6) is 0. The van der Waals surface area contributed by atoms with Crippen LogP contribution in [-0.4, -0.2) is 41.7 Å². The molecule has 0 fully saturated rings. The van der Waals surface area contributed by atoms with Crippen LogP contribution in [0.5, 0.6) is 0 Å². The van der Waals surface area contributed by atoms with Crippen molar-refractivity contribution in [2.24, 2.45) is 0 Å². The highest BCUT2D eigenvalue weighted by Gasteiger charge is 2.40. The van der Waals surface area contributed by atoms with E-state index >= 15 is 0 Å². The Bertz CT molecular complexity index is 268. The SMILES string of the molecule is CC(C)(O)C(C)(C)OB(O)C1=CCCOC1. The fourth-order valence-electron chi connectivity index (χ4n) is 1.25. The van der Waals surface area contributed by atoms with E-state index in [2.05, 4.69) is 0 Å². The van der Waals surface area contributed by atoms with Gasteiger partial charge in [-0.25, -0.2) is 0 Å². The lowest BCUT2D eigenvalue weighted by Crippen LogP contribution is -2.51.